The van der Waals surface area contributed by atoms with Crippen molar-refractivity contribution in [3.63, 3.8) is 0 Å². The third-order valence-corrected chi connectivity index (χ3v) is 5.37. The molecule has 0 atom stereocenters. The number of likely N-dealkylation sites (tertiary alicyclic amines) is 1. The van der Waals surface area contributed by atoms with Crippen molar-refractivity contribution in [3.05, 3.63) is 23.8 Å². The van der Waals surface area contributed by atoms with Crippen LogP contribution in [-0.4, -0.2) is 66.0 Å². The predicted molar refractivity (Wildman–Crippen MR) is 93.2 cm³/mol. The summed E-state index contributed by atoms with van der Waals surface area (Å²) in [6.07, 6.45) is 1.22. The van der Waals surface area contributed by atoms with Crippen molar-refractivity contribution in [3.8, 4) is 11.5 Å². The van der Waals surface area contributed by atoms with E-state index in [-0.39, 0.29) is 28.8 Å². The van der Waals surface area contributed by atoms with Crippen molar-refractivity contribution in [2.45, 2.75) is 18.9 Å². The fraction of sp³-hybridized carbons (Fsp3) is 0.471. The van der Waals surface area contributed by atoms with Gasteiger partial charge in [-0.15, -0.1) is 0 Å². The second-order valence-electron chi connectivity index (χ2n) is 5.91. The fourth-order valence-electron chi connectivity index (χ4n) is 3.20. The molecule has 3 rings (SSSR count). The molecule has 1 aromatic rings. The first-order valence-corrected chi connectivity index (χ1v) is 9.04. The molecule has 8 heteroatoms. The van der Waals surface area contributed by atoms with Crippen molar-refractivity contribution in [2.24, 2.45) is 0 Å². The highest BCUT2D eigenvalue weighted by Gasteiger charge is 2.38. The molecule has 2 aliphatic rings. The summed E-state index contributed by atoms with van der Waals surface area (Å²) >= 11 is 1.05. The van der Waals surface area contributed by atoms with Gasteiger partial charge < -0.3 is 14.4 Å². The van der Waals surface area contributed by atoms with Crippen molar-refractivity contribution in [1.82, 2.24) is 9.80 Å². The summed E-state index contributed by atoms with van der Waals surface area (Å²) in [5, 5.41) is -0.172. The first-order valence-electron chi connectivity index (χ1n) is 8.05. The maximum absolute atomic E-state index is 12.7. The van der Waals surface area contributed by atoms with Gasteiger partial charge in [0.1, 0.15) is 0 Å². The van der Waals surface area contributed by atoms with Gasteiger partial charge in [0.25, 0.3) is 11.1 Å². The Morgan fingerprint density at radius 3 is 2.36 bits per heavy atom. The molecular weight excluding hydrogens is 344 g/mol. The molecule has 3 amide bonds. The van der Waals surface area contributed by atoms with Gasteiger partial charge in [0.15, 0.2) is 11.5 Å². The molecule has 1 aromatic carbocycles. The highest BCUT2D eigenvalue weighted by molar-refractivity contribution is 8.14. The Labute approximate surface area is 150 Å². The summed E-state index contributed by atoms with van der Waals surface area (Å²) < 4.78 is 10.4. The van der Waals surface area contributed by atoms with E-state index in [1.54, 1.807) is 30.2 Å². The van der Waals surface area contributed by atoms with Gasteiger partial charge in [0, 0.05) is 24.7 Å². The molecule has 0 aromatic heterocycles. The number of carbonyl (C=O) groups excluding carboxylic acids is 3. The lowest BCUT2D eigenvalue weighted by Gasteiger charge is -2.35. The molecule has 7 nitrogen and oxygen atoms in total. The van der Waals surface area contributed by atoms with Gasteiger partial charge in [-0.3, -0.25) is 19.3 Å². The minimum Gasteiger partial charge on any atom is -0.493 e. The zero-order chi connectivity index (χ0) is 18.0. The van der Waals surface area contributed by atoms with Gasteiger partial charge in [0.05, 0.1) is 20.0 Å². The monoisotopic (exact) mass is 364 g/mol. The number of piperidine rings is 1. The minimum atomic E-state index is -0.172. The van der Waals surface area contributed by atoms with E-state index in [4.69, 9.17) is 9.47 Å². The normalized spacial score (nSPS) is 18.6. The Morgan fingerprint density at radius 2 is 1.80 bits per heavy atom. The highest BCUT2D eigenvalue weighted by Crippen LogP contribution is 2.30. The summed E-state index contributed by atoms with van der Waals surface area (Å²) in [4.78, 5) is 39.5. The van der Waals surface area contributed by atoms with Crippen LogP contribution >= 0.6 is 11.8 Å². The van der Waals surface area contributed by atoms with Crippen LogP contribution < -0.4 is 9.47 Å². The average molecular weight is 364 g/mol. The van der Waals surface area contributed by atoms with Crippen LogP contribution in [0.25, 0.3) is 0 Å². The molecule has 0 bridgehead atoms. The molecule has 0 unspecified atom stereocenters. The molecule has 2 heterocycles. The summed E-state index contributed by atoms with van der Waals surface area (Å²) in [5.41, 5.74) is 0.528. The number of thioether (sulfide) groups is 1. The van der Waals surface area contributed by atoms with Crippen molar-refractivity contribution >= 4 is 28.8 Å². The number of benzene rings is 1. The number of nitrogens with zero attached hydrogens (tertiary/aromatic N) is 2. The molecular formula is C17H20N2O5S. The molecule has 2 aliphatic heterocycles. The molecule has 25 heavy (non-hydrogen) atoms. The zero-order valence-electron chi connectivity index (χ0n) is 14.2. The van der Waals surface area contributed by atoms with Crippen molar-refractivity contribution in [2.75, 3.05) is 33.1 Å². The maximum atomic E-state index is 12.7. The van der Waals surface area contributed by atoms with Crippen LogP contribution in [0.3, 0.4) is 0 Å². The van der Waals surface area contributed by atoms with E-state index in [0.29, 0.717) is 43.0 Å². The van der Waals surface area contributed by atoms with Gasteiger partial charge in [-0.05, 0) is 31.0 Å². The van der Waals surface area contributed by atoms with Crippen molar-refractivity contribution < 1.29 is 23.9 Å². The summed E-state index contributed by atoms with van der Waals surface area (Å²) in [6, 6.07) is 4.97. The standard InChI is InChI=1S/C17H20N2O5S/c1-23-13-4-3-11(9-14(13)24-2)16(21)18-7-5-12(6-8-18)19-15(20)10-25-17(19)22/h3-4,9,12H,5-8,10H2,1-2H3. The summed E-state index contributed by atoms with van der Waals surface area (Å²) in [6.45, 7) is 1.03. The van der Waals surface area contributed by atoms with Gasteiger partial charge in [-0.1, -0.05) is 11.8 Å². The summed E-state index contributed by atoms with van der Waals surface area (Å²) in [5.74, 6) is 1.09. The highest BCUT2D eigenvalue weighted by atomic mass is 32.2. The Balaban J connectivity index is 1.65. The molecule has 2 saturated heterocycles. The van der Waals surface area contributed by atoms with Crippen LogP contribution in [0, 0.1) is 0 Å². The Kier molecular flexibility index (Phi) is 5.17. The third kappa shape index (κ3) is 3.44. The van der Waals surface area contributed by atoms with E-state index < -0.39 is 0 Å². The number of methoxy groups -OCH3 is 2. The van der Waals surface area contributed by atoms with Crippen LogP contribution in [0.2, 0.25) is 0 Å². The topological polar surface area (TPSA) is 76.2 Å². The van der Waals surface area contributed by atoms with E-state index in [0.717, 1.165) is 11.8 Å². The number of amides is 3. The lowest BCUT2D eigenvalue weighted by Crippen LogP contribution is -2.48. The molecule has 0 radical (unpaired) electrons. The van der Waals surface area contributed by atoms with E-state index >= 15 is 0 Å². The number of hydrogen-bond donors (Lipinski definition) is 0. The molecule has 0 aliphatic carbocycles. The molecule has 0 spiro atoms. The first-order chi connectivity index (χ1) is 12.0. The smallest absolute Gasteiger partial charge is 0.289 e. The van der Waals surface area contributed by atoms with Crippen LogP contribution in [0.15, 0.2) is 18.2 Å². The van der Waals surface area contributed by atoms with E-state index in [2.05, 4.69) is 0 Å². The second kappa shape index (κ2) is 7.35. The predicted octanol–water partition coefficient (Wildman–Crippen LogP) is 2.00. The number of hydrogen-bond acceptors (Lipinski definition) is 6. The average Bonchev–Trinajstić information content (AvgIpc) is 2.99. The lowest BCUT2D eigenvalue weighted by atomic mass is 10.0. The van der Waals surface area contributed by atoms with E-state index in [9.17, 15) is 14.4 Å². The molecule has 0 N–H and O–H groups in total. The van der Waals surface area contributed by atoms with Gasteiger partial charge in [0.2, 0.25) is 5.91 Å². The fourth-order valence-corrected chi connectivity index (χ4v) is 3.97. The van der Waals surface area contributed by atoms with E-state index in [1.807, 2.05) is 0 Å². The number of imide groups is 1. The van der Waals surface area contributed by atoms with Crippen LogP contribution in [0.5, 0.6) is 11.5 Å². The molecule has 134 valence electrons. The minimum absolute atomic E-state index is 0.0900. The SMILES string of the molecule is COc1ccc(C(=O)N2CCC(N3C(=O)CSC3=O)CC2)cc1OC. The number of carbonyl (C=O) groups is 3. The number of rotatable bonds is 4. The number of ether oxygens (including phenoxy) is 2. The molecule has 2 fully saturated rings. The van der Waals surface area contributed by atoms with Crippen molar-refractivity contribution in [1.29, 1.82) is 0 Å². The Bertz CT molecular complexity index is 684. The van der Waals surface area contributed by atoms with Crippen LogP contribution in [0.4, 0.5) is 4.79 Å². The van der Waals surface area contributed by atoms with Gasteiger partial charge in [-0.2, -0.15) is 0 Å². The van der Waals surface area contributed by atoms with E-state index in [1.165, 1.54) is 12.0 Å². The van der Waals surface area contributed by atoms with Gasteiger partial charge >= 0.3 is 0 Å². The second-order valence-corrected chi connectivity index (χ2v) is 6.84. The van der Waals surface area contributed by atoms with Crippen LogP contribution in [-0.2, 0) is 4.79 Å². The Morgan fingerprint density at radius 1 is 1.12 bits per heavy atom. The lowest BCUT2D eigenvalue weighted by molar-refractivity contribution is -0.126. The summed E-state index contributed by atoms with van der Waals surface area (Å²) in [7, 11) is 3.07. The first kappa shape index (κ1) is 17.6. The Hall–Kier alpha value is -2.22. The van der Waals surface area contributed by atoms with Crippen LogP contribution in [0.1, 0.15) is 23.2 Å². The quantitative estimate of drug-likeness (QED) is 0.813. The largest absolute Gasteiger partial charge is 0.493 e. The third-order valence-electron chi connectivity index (χ3n) is 4.53. The zero-order valence-corrected chi connectivity index (χ0v) is 15.0. The van der Waals surface area contributed by atoms with Gasteiger partial charge in [-0.25, -0.2) is 0 Å². The molecule has 0 saturated carbocycles. The maximum Gasteiger partial charge on any atom is 0.289 e.